The minimum Gasteiger partial charge on any atom is -0.481 e. The van der Waals surface area contributed by atoms with Crippen molar-refractivity contribution in [3.63, 3.8) is 0 Å². The normalized spacial score (nSPS) is 21.5. The van der Waals surface area contributed by atoms with Gasteiger partial charge in [0.15, 0.2) is 5.78 Å². The van der Waals surface area contributed by atoms with E-state index in [1.807, 2.05) is 6.08 Å². The third-order valence-electron chi connectivity index (χ3n) is 4.42. The second kappa shape index (κ2) is 11.4. The van der Waals surface area contributed by atoms with Gasteiger partial charge in [-0.05, 0) is 31.8 Å². The highest BCUT2D eigenvalue weighted by atomic mass is 16.6. The Labute approximate surface area is 140 Å². The number of ether oxygens (including phenoxy) is 1. The number of carboxylic acid groups (broad SMARTS) is 1. The van der Waals surface area contributed by atoms with E-state index in [4.69, 9.17) is 9.84 Å². The van der Waals surface area contributed by atoms with Gasteiger partial charge in [-0.3, -0.25) is 9.59 Å². The molecule has 3 unspecified atom stereocenters. The maximum absolute atomic E-state index is 11.9. The van der Waals surface area contributed by atoms with Gasteiger partial charge in [0, 0.05) is 0 Å². The van der Waals surface area contributed by atoms with Gasteiger partial charge in [-0.25, -0.2) is 0 Å². The Kier molecular flexibility index (Phi) is 9.85. The number of allylic oxidation sites excluding steroid dienone is 1. The summed E-state index contributed by atoms with van der Waals surface area (Å²) < 4.78 is 5.43. The van der Waals surface area contributed by atoms with Crippen molar-refractivity contribution in [3.8, 4) is 0 Å². The SMILES string of the molecule is CCCCCC1OC1C(=O)/C=C\CCCCCCC(C)C(=O)O. The number of unbranched alkanes of at least 4 members (excludes halogenated alkanes) is 6. The molecule has 0 radical (unpaired) electrons. The zero-order chi connectivity index (χ0) is 17.1. The van der Waals surface area contributed by atoms with Crippen molar-refractivity contribution >= 4 is 11.8 Å². The topological polar surface area (TPSA) is 66.9 Å². The van der Waals surface area contributed by atoms with Crippen LogP contribution in [-0.2, 0) is 14.3 Å². The number of carbonyl (C=O) groups excluding carboxylic acids is 1. The molecule has 4 nitrogen and oxygen atoms in total. The molecule has 0 aromatic carbocycles. The highest BCUT2D eigenvalue weighted by Gasteiger charge is 2.42. The third-order valence-corrected chi connectivity index (χ3v) is 4.42. The van der Waals surface area contributed by atoms with Gasteiger partial charge in [-0.2, -0.15) is 0 Å². The molecule has 1 N–H and O–H groups in total. The van der Waals surface area contributed by atoms with Crippen molar-refractivity contribution < 1.29 is 19.4 Å². The smallest absolute Gasteiger partial charge is 0.306 e. The Balaban J connectivity index is 1.96. The molecule has 0 aliphatic carbocycles. The van der Waals surface area contributed by atoms with E-state index in [0.717, 1.165) is 51.4 Å². The monoisotopic (exact) mass is 324 g/mol. The Morgan fingerprint density at radius 3 is 2.57 bits per heavy atom. The molecule has 4 heteroatoms. The molecule has 23 heavy (non-hydrogen) atoms. The number of hydrogen-bond donors (Lipinski definition) is 1. The van der Waals surface area contributed by atoms with Gasteiger partial charge in [0.05, 0.1) is 12.0 Å². The van der Waals surface area contributed by atoms with E-state index in [-0.39, 0.29) is 23.9 Å². The molecule has 1 fully saturated rings. The summed E-state index contributed by atoms with van der Waals surface area (Å²) in [6.07, 6.45) is 14.0. The van der Waals surface area contributed by atoms with E-state index >= 15 is 0 Å². The van der Waals surface area contributed by atoms with Crippen LogP contribution in [0.1, 0.15) is 78.1 Å². The summed E-state index contributed by atoms with van der Waals surface area (Å²) >= 11 is 0. The minimum atomic E-state index is -0.707. The fourth-order valence-electron chi connectivity index (χ4n) is 2.69. The van der Waals surface area contributed by atoms with Gasteiger partial charge >= 0.3 is 5.97 Å². The summed E-state index contributed by atoms with van der Waals surface area (Å²) in [7, 11) is 0. The van der Waals surface area contributed by atoms with Crippen molar-refractivity contribution in [1.29, 1.82) is 0 Å². The van der Waals surface area contributed by atoms with E-state index in [0.29, 0.717) is 0 Å². The number of carbonyl (C=O) groups is 2. The maximum Gasteiger partial charge on any atom is 0.306 e. The van der Waals surface area contributed by atoms with Crippen LogP contribution in [0.25, 0.3) is 0 Å². The number of ketones is 1. The van der Waals surface area contributed by atoms with Crippen LogP contribution >= 0.6 is 0 Å². The van der Waals surface area contributed by atoms with Crippen LogP contribution in [0.15, 0.2) is 12.2 Å². The average Bonchev–Trinajstić information content (AvgIpc) is 3.29. The molecule has 0 aromatic heterocycles. The van der Waals surface area contributed by atoms with Crippen molar-refractivity contribution in [2.24, 2.45) is 5.92 Å². The molecule has 0 amide bonds. The first kappa shape index (κ1) is 19.9. The third kappa shape index (κ3) is 8.89. The predicted molar refractivity (Wildman–Crippen MR) is 91.5 cm³/mol. The van der Waals surface area contributed by atoms with Crippen LogP contribution in [0.4, 0.5) is 0 Å². The summed E-state index contributed by atoms with van der Waals surface area (Å²) in [5.41, 5.74) is 0. The van der Waals surface area contributed by atoms with Crippen LogP contribution in [0.3, 0.4) is 0 Å². The van der Waals surface area contributed by atoms with Gasteiger partial charge < -0.3 is 9.84 Å². The molecular weight excluding hydrogens is 292 g/mol. The Bertz CT molecular complexity index is 389. The minimum absolute atomic E-state index is 0.113. The van der Waals surface area contributed by atoms with Crippen LogP contribution in [0.2, 0.25) is 0 Å². The molecular formula is C19H32O4. The van der Waals surface area contributed by atoms with Crippen LogP contribution in [0.5, 0.6) is 0 Å². The largest absolute Gasteiger partial charge is 0.481 e. The van der Waals surface area contributed by atoms with Crippen LogP contribution in [0, 0.1) is 5.92 Å². The lowest BCUT2D eigenvalue weighted by Crippen LogP contribution is -2.08. The van der Waals surface area contributed by atoms with E-state index in [9.17, 15) is 9.59 Å². The van der Waals surface area contributed by atoms with E-state index < -0.39 is 5.97 Å². The predicted octanol–water partition coefficient (Wildman–Crippen LogP) is 4.52. The quantitative estimate of drug-likeness (QED) is 0.290. The van der Waals surface area contributed by atoms with Gasteiger partial charge in [-0.1, -0.05) is 58.4 Å². The van der Waals surface area contributed by atoms with Crippen LogP contribution in [-0.4, -0.2) is 29.1 Å². The highest BCUT2D eigenvalue weighted by molar-refractivity contribution is 5.95. The molecule has 1 rings (SSSR count). The average molecular weight is 324 g/mol. The number of aliphatic carboxylic acids is 1. The van der Waals surface area contributed by atoms with Gasteiger partial charge in [0.2, 0.25) is 0 Å². The first-order valence-corrected chi connectivity index (χ1v) is 9.15. The lowest BCUT2D eigenvalue weighted by atomic mass is 10.0. The summed E-state index contributed by atoms with van der Waals surface area (Å²) in [5, 5.41) is 8.78. The molecule has 0 saturated carbocycles. The Hall–Kier alpha value is -1.16. The first-order valence-electron chi connectivity index (χ1n) is 9.15. The van der Waals surface area contributed by atoms with Gasteiger partial charge in [0.25, 0.3) is 0 Å². The lowest BCUT2D eigenvalue weighted by Gasteiger charge is -2.04. The van der Waals surface area contributed by atoms with Gasteiger partial charge in [-0.15, -0.1) is 0 Å². The maximum atomic E-state index is 11.9. The first-order chi connectivity index (χ1) is 11.1. The number of hydrogen-bond acceptors (Lipinski definition) is 3. The lowest BCUT2D eigenvalue weighted by molar-refractivity contribution is -0.141. The van der Waals surface area contributed by atoms with E-state index in [2.05, 4.69) is 6.92 Å². The zero-order valence-electron chi connectivity index (χ0n) is 14.6. The van der Waals surface area contributed by atoms with Crippen molar-refractivity contribution in [3.05, 3.63) is 12.2 Å². The molecule has 0 spiro atoms. The molecule has 3 atom stereocenters. The van der Waals surface area contributed by atoms with Crippen molar-refractivity contribution in [2.75, 3.05) is 0 Å². The molecule has 1 aliphatic heterocycles. The summed E-state index contributed by atoms with van der Waals surface area (Å²) in [5.74, 6) is -0.833. The second-order valence-corrected chi connectivity index (χ2v) is 6.63. The molecule has 1 heterocycles. The molecule has 1 saturated heterocycles. The molecule has 132 valence electrons. The molecule has 0 aromatic rings. The number of rotatable bonds is 14. The van der Waals surface area contributed by atoms with Crippen molar-refractivity contribution in [1.82, 2.24) is 0 Å². The zero-order valence-corrected chi connectivity index (χ0v) is 14.6. The van der Waals surface area contributed by atoms with E-state index in [1.165, 1.54) is 12.8 Å². The van der Waals surface area contributed by atoms with Crippen LogP contribution < -0.4 is 0 Å². The summed E-state index contributed by atoms with van der Waals surface area (Å²) in [4.78, 5) is 22.5. The molecule has 0 bridgehead atoms. The standard InChI is InChI=1S/C19H32O4/c1-3-4-9-14-17-18(23-17)16(20)13-11-8-6-5-7-10-12-15(2)19(21)22/h11,13,15,17-18H,3-10,12,14H2,1-2H3,(H,21,22)/b13-11-. The Morgan fingerprint density at radius 1 is 1.13 bits per heavy atom. The van der Waals surface area contributed by atoms with E-state index in [1.54, 1.807) is 13.0 Å². The summed E-state index contributed by atoms with van der Waals surface area (Å²) in [6.45, 7) is 3.93. The summed E-state index contributed by atoms with van der Waals surface area (Å²) in [6, 6.07) is 0. The number of carboxylic acids is 1. The highest BCUT2D eigenvalue weighted by Crippen LogP contribution is 2.28. The second-order valence-electron chi connectivity index (χ2n) is 6.63. The molecule has 1 aliphatic rings. The number of epoxide rings is 1. The fraction of sp³-hybridized carbons (Fsp3) is 0.789. The van der Waals surface area contributed by atoms with Crippen molar-refractivity contribution in [2.45, 2.75) is 90.3 Å². The fourth-order valence-corrected chi connectivity index (χ4v) is 2.69. The Morgan fingerprint density at radius 2 is 1.87 bits per heavy atom. The van der Waals surface area contributed by atoms with Gasteiger partial charge in [0.1, 0.15) is 6.10 Å².